The first kappa shape index (κ1) is 37.5. The number of fused-ring (bicyclic) bond motifs is 1. The highest BCUT2D eigenvalue weighted by Crippen LogP contribution is 2.22. The number of nitrogens with one attached hydrogen (secondary N) is 4. The van der Waals surface area contributed by atoms with Crippen LogP contribution in [0.15, 0.2) is 87.3 Å². The number of hydrogen-bond donors (Lipinski definition) is 6. The molecular weight excluding hydrogens is 696 g/mol. The van der Waals surface area contributed by atoms with Crippen molar-refractivity contribution in [2.24, 2.45) is 5.73 Å². The summed E-state index contributed by atoms with van der Waals surface area (Å²) in [4.78, 5) is 80.8. The van der Waals surface area contributed by atoms with Crippen LogP contribution < -0.4 is 32.3 Å². The Morgan fingerprint density at radius 1 is 0.981 bits per heavy atom. The minimum atomic E-state index is -3.96. The lowest BCUT2D eigenvalue weighted by atomic mass is 10.1. The van der Waals surface area contributed by atoms with Crippen LogP contribution in [0.4, 0.5) is 0 Å². The van der Waals surface area contributed by atoms with Gasteiger partial charge in [-0.15, -0.1) is 0 Å². The number of aliphatic carboxylic acids is 1. The molecular formula is C34H38N8O9S. The second-order valence-corrected chi connectivity index (χ2v) is 13.9. The molecule has 3 atom stereocenters. The van der Waals surface area contributed by atoms with Crippen molar-refractivity contribution in [3.63, 3.8) is 0 Å². The third-order valence-electron chi connectivity index (χ3n) is 8.50. The van der Waals surface area contributed by atoms with Gasteiger partial charge in [-0.05, 0) is 67.3 Å². The molecule has 1 aliphatic heterocycles. The number of benzene rings is 3. The third-order valence-corrected chi connectivity index (χ3v) is 9.96. The van der Waals surface area contributed by atoms with Crippen molar-refractivity contribution in [3.8, 4) is 5.69 Å². The summed E-state index contributed by atoms with van der Waals surface area (Å²) in [6.07, 6.45) is 0.533. The number of likely N-dealkylation sites (tertiary alicyclic amines) is 1. The van der Waals surface area contributed by atoms with Gasteiger partial charge in [-0.25, -0.2) is 22.7 Å². The number of unbranched alkanes of at least 4 members (excludes halogenated alkanes) is 1. The molecule has 0 saturated carbocycles. The van der Waals surface area contributed by atoms with Gasteiger partial charge in [0.25, 0.3) is 11.5 Å². The first-order valence-corrected chi connectivity index (χ1v) is 18.0. The van der Waals surface area contributed by atoms with Crippen molar-refractivity contribution in [1.29, 1.82) is 0 Å². The molecule has 17 nitrogen and oxygen atoms in total. The van der Waals surface area contributed by atoms with E-state index in [1.54, 1.807) is 36.4 Å². The molecule has 3 amide bonds. The SMILES string of the molecule is NCCCC[C@@H](NC(=O)[C@H]1C[C@H](NC(=O)CCNS(=O)(=O)c2ccc3ccccc3c2)CN1C(=O)c1nn(-c2ccccc2)c(=O)[nH]c1=O)C(=O)O. The zero-order valence-corrected chi connectivity index (χ0v) is 28.7. The number of carbonyl (C=O) groups is 4. The first-order valence-electron chi connectivity index (χ1n) is 16.5. The summed E-state index contributed by atoms with van der Waals surface area (Å²) >= 11 is 0. The molecule has 0 spiro atoms. The monoisotopic (exact) mass is 734 g/mol. The molecule has 1 aliphatic rings. The van der Waals surface area contributed by atoms with Crippen LogP contribution in [0, 0.1) is 0 Å². The summed E-state index contributed by atoms with van der Waals surface area (Å²) in [6.45, 7) is -0.226. The van der Waals surface area contributed by atoms with E-state index < -0.39 is 68.8 Å². The molecule has 0 radical (unpaired) electrons. The van der Waals surface area contributed by atoms with Crippen LogP contribution in [-0.4, -0.2) is 94.6 Å². The van der Waals surface area contributed by atoms with Gasteiger partial charge >= 0.3 is 11.7 Å². The van der Waals surface area contributed by atoms with Crippen LogP contribution in [0.3, 0.4) is 0 Å². The molecule has 0 aliphatic carbocycles. The van der Waals surface area contributed by atoms with E-state index in [9.17, 15) is 42.3 Å². The van der Waals surface area contributed by atoms with Gasteiger partial charge in [0.15, 0.2) is 0 Å². The Kier molecular flexibility index (Phi) is 11.9. The summed E-state index contributed by atoms with van der Waals surface area (Å²) in [5, 5.41) is 20.4. The highest BCUT2D eigenvalue weighted by atomic mass is 32.2. The number of aromatic nitrogens is 3. The zero-order valence-electron chi connectivity index (χ0n) is 27.9. The standard InChI is InChI=1S/C34H38N8O9S/c35-16-7-6-12-26(33(47)48)38-30(44)27-19-23(20-41(27)32(46)29-31(45)39-34(49)42(40-29)24-10-2-1-3-11-24)37-28(43)15-17-36-52(50,51)25-14-13-21-8-4-5-9-22(21)18-25/h1-5,8-11,13-14,18,23,26-27,36H,6-7,12,15-17,19-20,35H2,(H,37,43)(H,38,44)(H,47,48)(H,39,45,49)/t23-,26+,27+/m0/s1. The van der Waals surface area contributed by atoms with Crippen LogP contribution in [0.1, 0.15) is 42.6 Å². The van der Waals surface area contributed by atoms with Gasteiger partial charge < -0.3 is 26.4 Å². The number of rotatable bonds is 15. The van der Waals surface area contributed by atoms with Crippen molar-refractivity contribution < 1.29 is 32.7 Å². The van der Waals surface area contributed by atoms with Crippen LogP contribution in [0.5, 0.6) is 0 Å². The van der Waals surface area contributed by atoms with E-state index in [2.05, 4.69) is 25.4 Å². The van der Waals surface area contributed by atoms with Gasteiger partial charge in [0, 0.05) is 25.6 Å². The number of para-hydroxylation sites is 1. The van der Waals surface area contributed by atoms with Crippen LogP contribution in [0.2, 0.25) is 0 Å². The molecule has 3 aromatic carbocycles. The van der Waals surface area contributed by atoms with Crippen molar-refractivity contribution in [3.05, 3.63) is 99.3 Å². The van der Waals surface area contributed by atoms with Gasteiger partial charge in [0.05, 0.1) is 10.6 Å². The normalized spacial score (nSPS) is 16.4. The predicted molar refractivity (Wildman–Crippen MR) is 188 cm³/mol. The number of sulfonamides is 1. The lowest BCUT2D eigenvalue weighted by molar-refractivity contribution is -0.142. The van der Waals surface area contributed by atoms with Crippen molar-refractivity contribution in [2.75, 3.05) is 19.6 Å². The maximum Gasteiger partial charge on any atom is 0.349 e. The van der Waals surface area contributed by atoms with E-state index in [4.69, 9.17) is 5.73 Å². The lowest BCUT2D eigenvalue weighted by Gasteiger charge is -2.25. The fourth-order valence-corrected chi connectivity index (χ4v) is 6.94. The third kappa shape index (κ3) is 8.95. The maximum atomic E-state index is 13.9. The molecule has 1 aromatic heterocycles. The Hall–Kier alpha value is -5.72. The van der Waals surface area contributed by atoms with E-state index in [1.165, 1.54) is 24.3 Å². The van der Waals surface area contributed by atoms with Crippen molar-refractivity contribution in [1.82, 2.24) is 35.0 Å². The quantitative estimate of drug-likeness (QED) is 0.0875. The van der Waals surface area contributed by atoms with E-state index in [-0.39, 0.29) is 42.9 Å². The number of hydrogen-bond acceptors (Lipinski definition) is 10. The number of carboxylic acids is 1. The number of carbonyl (C=O) groups excluding carboxylic acids is 3. The number of amides is 3. The Labute approximate surface area is 297 Å². The topological polar surface area (TPSA) is 256 Å². The minimum absolute atomic E-state index is 0.0234. The molecule has 2 heterocycles. The molecule has 1 saturated heterocycles. The molecule has 7 N–H and O–H groups in total. The number of carboxylic acid groups (broad SMARTS) is 1. The maximum absolute atomic E-state index is 13.9. The van der Waals surface area contributed by atoms with E-state index in [1.807, 2.05) is 12.1 Å². The van der Waals surface area contributed by atoms with Gasteiger partial charge in [-0.3, -0.25) is 24.2 Å². The predicted octanol–water partition coefficient (Wildman–Crippen LogP) is -0.160. The summed E-state index contributed by atoms with van der Waals surface area (Å²) in [7, 11) is -3.96. The highest BCUT2D eigenvalue weighted by molar-refractivity contribution is 7.89. The fraction of sp³-hybridized carbons (Fsp3) is 0.324. The molecule has 274 valence electrons. The highest BCUT2D eigenvalue weighted by Gasteiger charge is 2.42. The Balaban J connectivity index is 1.31. The van der Waals surface area contributed by atoms with Crippen LogP contribution in [0.25, 0.3) is 16.5 Å². The van der Waals surface area contributed by atoms with Gasteiger partial charge in [-0.1, -0.05) is 48.5 Å². The zero-order chi connectivity index (χ0) is 37.4. The second-order valence-electron chi connectivity index (χ2n) is 12.2. The van der Waals surface area contributed by atoms with E-state index in [0.717, 1.165) is 20.4 Å². The average Bonchev–Trinajstić information content (AvgIpc) is 3.54. The molecule has 0 unspecified atom stereocenters. The van der Waals surface area contributed by atoms with Gasteiger partial charge in [-0.2, -0.15) is 9.78 Å². The average molecular weight is 735 g/mol. The number of H-pyrrole nitrogens is 1. The second kappa shape index (κ2) is 16.5. The Morgan fingerprint density at radius 3 is 2.40 bits per heavy atom. The molecule has 4 aromatic rings. The molecule has 52 heavy (non-hydrogen) atoms. The summed E-state index contributed by atoms with van der Waals surface area (Å²) in [6, 6.07) is 16.4. The summed E-state index contributed by atoms with van der Waals surface area (Å²) in [5.41, 5.74) is 3.03. The minimum Gasteiger partial charge on any atom is -0.480 e. The van der Waals surface area contributed by atoms with Crippen molar-refractivity contribution in [2.45, 2.75) is 55.1 Å². The number of aromatic amines is 1. The largest absolute Gasteiger partial charge is 0.480 e. The number of nitrogens with zero attached hydrogens (tertiary/aromatic N) is 3. The molecule has 1 fully saturated rings. The fourth-order valence-electron chi connectivity index (χ4n) is 5.87. The Morgan fingerprint density at radius 2 is 1.69 bits per heavy atom. The molecule has 18 heteroatoms. The molecule has 0 bridgehead atoms. The smallest absolute Gasteiger partial charge is 0.349 e. The van der Waals surface area contributed by atoms with Gasteiger partial charge in [0.2, 0.25) is 27.5 Å². The van der Waals surface area contributed by atoms with Crippen molar-refractivity contribution >= 4 is 44.5 Å². The Bertz CT molecular complexity index is 2190. The van der Waals surface area contributed by atoms with Gasteiger partial charge in [0.1, 0.15) is 12.1 Å². The number of nitrogens with two attached hydrogens (primary N) is 1. The summed E-state index contributed by atoms with van der Waals surface area (Å²) < 4.78 is 29.1. The van der Waals surface area contributed by atoms with E-state index >= 15 is 0 Å². The van der Waals surface area contributed by atoms with Crippen LogP contribution >= 0.6 is 0 Å². The summed E-state index contributed by atoms with van der Waals surface area (Å²) in [5.74, 6) is -3.79. The lowest BCUT2D eigenvalue weighted by Crippen LogP contribution is -2.52. The van der Waals surface area contributed by atoms with Crippen LogP contribution in [-0.2, 0) is 24.4 Å². The first-order chi connectivity index (χ1) is 24.9. The van der Waals surface area contributed by atoms with E-state index in [0.29, 0.717) is 19.4 Å². The molecule has 5 rings (SSSR count).